The Morgan fingerprint density at radius 2 is 1.58 bits per heavy atom. The van der Waals surface area contributed by atoms with E-state index in [-0.39, 0.29) is 6.61 Å². The third-order valence-electron chi connectivity index (χ3n) is 2.31. The largest absolute Gasteiger partial charge is 0.392 e. The Hall–Kier alpha value is -1.34. The maximum atomic E-state index is 8.94. The van der Waals surface area contributed by atoms with Gasteiger partial charge in [0.1, 0.15) is 0 Å². The molecule has 0 saturated carbocycles. The van der Waals surface area contributed by atoms with Crippen molar-refractivity contribution in [1.82, 2.24) is 0 Å². The molecule has 0 heterocycles. The van der Waals surface area contributed by atoms with Crippen LogP contribution >= 0.6 is 0 Å². The first-order chi connectivity index (χ1) is 9.31. The number of benzene rings is 1. The average molecular weight is 262 g/mol. The Bertz CT molecular complexity index is 344. The molecule has 0 atom stereocenters. The second-order valence-corrected chi connectivity index (χ2v) is 3.41. The molecule has 0 aliphatic heterocycles. The van der Waals surface area contributed by atoms with Crippen molar-refractivity contribution in [3.05, 3.63) is 53.6 Å². The van der Waals surface area contributed by atoms with Gasteiger partial charge in [-0.2, -0.15) is 0 Å². The molecule has 0 aliphatic rings. The normalized spacial score (nSPS) is 10.4. The summed E-state index contributed by atoms with van der Waals surface area (Å²) in [7, 11) is 0. The molecule has 0 aliphatic carbocycles. The van der Waals surface area contributed by atoms with E-state index in [1.54, 1.807) is 0 Å². The lowest BCUT2D eigenvalue weighted by Crippen LogP contribution is -1.85. The summed E-state index contributed by atoms with van der Waals surface area (Å²) in [6.45, 7) is 12.3. The van der Waals surface area contributed by atoms with Crippen LogP contribution in [-0.4, -0.2) is 5.11 Å². The molecule has 1 heteroatoms. The summed E-state index contributed by atoms with van der Waals surface area (Å²) in [5.74, 6) is 0. The minimum atomic E-state index is 0.107. The van der Waals surface area contributed by atoms with Crippen LogP contribution in [0.1, 0.15) is 59.1 Å². The molecule has 1 N–H and O–H groups in total. The molecular formula is C18H30O. The molecular weight excluding hydrogens is 232 g/mol. The van der Waals surface area contributed by atoms with Gasteiger partial charge in [-0.15, -0.1) is 0 Å². The first-order valence-electron chi connectivity index (χ1n) is 7.34. The highest BCUT2D eigenvalue weighted by molar-refractivity contribution is 5.73. The third-order valence-corrected chi connectivity index (χ3v) is 2.31. The molecule has 0 saturated heterocycles. The average Bonchev–Trinajstić information content (AvgIpc) is 2.52. The van der Waals surface area contributed by atoms with Crippen molar-refractivity contribution >= 4 is 5.57 Å². The van der Waals surface area contributed by atoms with E-state index in [1.807, 2.05) is 58.9 Å². The van der Waals surface area contributed by atoms with E-state index in [4.69, 9.17) is 5.11 Å². The van der Waals surface area contributed by atoms with Crippen molar-refractivity contribution in [3.8, 4) is 0 Å². The van der Waals surface area contributed by atoms with Crippen molar-refractivity contribution in [2.24, 2.45) is 0 Å². The lowest BCUT2D eigenvalue weighted by Gasteiger charge is -2.03. The standard InChI is InChI=1S/C14H18O.2C2H6/c1-3-5-6-13(4-2)14-9-7-12(11-15)8-10-14;2*1-2/h4-10,15H,3,11H2,1-2H3;2*1-2H3/b6-5-,13-4+;;. The van der Waals surface area contributed by atoms with E-state index in [9.17, 15) is 0 Å². The fourth-order valence-corrected chi connectivity index (χ4v) is 1.41. The van der Waals surface area contributed by atoms with Crippen molar-refractivity contribution in [2.75, 3.05) is 0 Å². The SMILES string of the molecule is C/C=C(\C=C/CC)c1ccc(CO)cc1.CC.CC. The number of aliphatic hydroxyl groups excluding tert-OH is 1. The monoisotopic (exact) mass is 262 g/mol. The van der Waals surface area contributed by atoms with Gasteiger partial charge in [-0.25, -0.2) is 0 Å². The molecule has 1 nitrogen and oxygen atoms in total. The van der Waals surface area contributed by atoms with Crippen LogP contribution < -0.4 is 0 Å². The Morgan fingerprint density at radius 3 is 1.95 bits per heavy atom. The highest BCUT2D eigenvalue weighted by Gasteiger charge is 1.96. The summed E-state index contributed by atoms with van der Waals surface area (Å²) >= 11 is 0. The van der Waals surface area contributed by atoms with Crippen LogP contribution in [0.25, 0.3) is 5.57 Å². The predicted octanol–water partition coefficient (Wildman–Crippen LogP) is 5.60. The minimum Gasteiger partial charge on any atom is -0.392 e. The molecule has 1 aromatic rings. The zero-order chi connectivity index (χ0) is 15.1. The van der Waals surface area contributed by atoms with Crippen LogP contribution in [0.2, 0.25) is 0 Å². The van der Waals surface area contributed by atoms with Gasteiger partial charge in [0.05, 0.1) is 6.61 Å². The summed E-state index contributed by atoms with van der Waals surface area (Å²) in [6, 6.07) is 8.00. The molecule has 0 aromatic heterocycles. The minimum absolute atomic E-state index is 0.107. The number of rotatable bonds is 4. The molecule has 0 unspecified atom stereocenters. The van der Waals surface area contributed by atoms with Crippen LogP contribution in [0.5, 0.6) is 0 Å². The number of hydrogen-bond acceptors (Lipinski definition) is 1. The molecule has 0 spiro atoms. The first-order valence-corrected chi connectivity index (χ1v) is 7.34. The molecule has 1 rings (SSSR count). The van der Waals surface area contributed by atoms with Gasteiger partial charge in [-0.1, -0.05) is 77.1 Å². The Balaban J connectivity index is 0. The topological polar surface area (TPSA) is 20.2 Å². The summed E-state index contributed by atoms with van der Waals surface area (Å²) < 4.78 is 0. The predicted molar refractivity (Wildman–Crippen MR) is 88.1 cm³/mol. The molecule has 19 heavy (non-hydrogen) atoms. The van der Waals surface area contributed by atoms with Gasteiger partial charge in [0, 0.05) is 0 Å². The van der Waals surface area contributed by atoms with Gasteiger partial charge in [-0.05, 0) is 30.0 Å². The Labute approximate surface area is 119 Å². The van der Waals surface area contributed by atoms with E-state index < -0.39 is 0 Å². The number of allylic oxidation sites excluding steroid dienone is 4. The second kappa shape index (κ2) is 14.7. The van der Waals surface area contributed by atoms with Gasteiger partial charge in [0.25, 0.3) is 0 Å². The van der Waals surface area contributed by atoms with Crippen molar-refractivity contribution in [1.29, 1.82) is 0 Å². The number of aliphatic hydroxyl groups is 1. The lowest BCUT2D eigenvalue weighted by atomic mass is 10.0. The van der Waals surface area contributed by atoms with Crippen molar-refractivity contribution < 1.29 is 5.11 Å². The number of hydrogen-bond donors (Lipinski definition) is 1. The summed E-state index contributed by atoms with van der Waals surface area (Å²) in [5.41, 5.74) is 3.37. The van der Waals surface area contributed by atoms with E-state index in [0.29, 0.717) is 0 Å². The molecule has 1 aromatic carbocycles. The lowest BCUT2D eigenvalue weighted by molar-refractivity contribution is 0.282. The summed E-state index contributed by atoms with van der Waals surface area (Å²) in [4.78, 5) is 0. The quantitative estimate of drug-likeness (QED) is 0.700. The van der Waals surface area contributed by atoms with Gasteiger partial charge in [0.15, 0.2) is 0 Å². The third kappa shape index (κ3) is 8.39. The molecule has 0 radical (unpaired) electrons. The Morgan fingerprint density at radius 1 is 1.05 bits per heavy atom. The van der Waals surface area contributed by atoms with E-state index >= 15 is 0 Å². The van der Waals surface area contributed by atoms with Gasteiger partial charge >= 0.3 is 0 Å². The highest BCUT2D eigenvalue weighted by Crippen LogP contribution is 2.16. The van der Waals surface area contributed by atoms with Gasteiger partial charge in [0.2, 0.25) is 0 Å². The fraction of sp³-hybridized carbons (Fsp3) is 0.444. The van der Waals surface area contributed by atoms with Crippen LogP contribution in [0, 0.1) is 0 Å². The van der Waals surface area contributed by atoms with Crippen LogP contribution in [-0.2, 0) is 6.61 Å². The van der Waals surface area contributed by atoms with Crippen LogP contribution in [0.4, 0.5) is 0 Å². The Kier molecular flexibility index (Phi) is 15.5. The summed E-state index contributed by atoms with van der Waals surface area (Å²) in [6.07, 6.45) is 7.43. The maximum Gasteiger partial charge on any atom is 0.0681 e. The van der Waals surface area contributed by atoms with Crippen molar-refractivity contribution in [2.45, 2.75) is 54.6 Å². The maximum absolute atomic E-state index is 8.94. The molecule has 0 fully saturated rings. The molecule has 108 valence electrons. The van der Waals surface area contributed by atoms with Crippen LogP contribution in [0.15, 0.2) is 42.5 Å². The molecule has 0 amide bonds. The molecule has 0 bridgehead atoms. The second-order valence-electron chi connectivity index (χ2n) is 3.41. The zero-order valence-electron chi connectivity index (χ0n) is 13.4. The first kappa shape index (κ1) is 20.0. The smallest absolute Gasteiger partial charge is 0.0681 e. The van der Waals surface area contributed by atoms with E-state index in [2.05, 4.69) is 25.2 Å². The highest BCUT2D eigenvalue weighted by atomic mass is 16.3. The summed E-state index contributed by atoms with van der Waals surface area (Å²) in [5, 5.41) is 8.94. The fourth-order valence-electron chi connectivity index (χ4n) is 1.41. The van der Waals surface area contributed by atoms with Crippen LogP contribution in [0.3, 0.4) is 0 Å². The van der Waals surface area contributed by atoms with E-state index in [0.717, 1.165) is 12.0 Å². The van der Waals surface area contributed by atoms with Gasteiger partial charge < -0.3 is 5.11 Å². The van der Waals surface area contributed by atoms with Gasteiger partial charge in [-0.3, -0.25) is 0 Å². The van der Waals surface area contributed by atoms with E-state index in [1.165, 1.54) is 11.1 Å². The zero-order valence-corrected chi connectivity index (χ0v) is 13.4. The van der Waals surface area contributed by atoms with Crippen molar-refractivity contribution in [3.63, 3.8) is 0 Å².